The monoisotopic (exact) mass is 197 g/mol. The highest BCUT2D eigenvalue weighted by Crippen LogP contribution is 2.32. The Balaban J connectivity index is 2.44. The zero-order valence-corrected chi connectivity index (χ0v) is 7.60. The molecule has 1 unspecified atom stereocenters. The first-order chi connectivity index (χ1) is 6.05. The Hall–Kier alpha value is -0.290. The molecule has 1 rings (SSSR count). The maximum absolute atomic E-state index is 12.4. The van der Waals surface area contributed by atoms with E-state index < -0.39 is 12.2 Å². The van der Waals surface area contributed by atoms with Crippen LogP contribution < -0.4 is 0 Å². The van der Waals surface area contributed by atoms with Gasteiger partial charge in [-0.2, -0.15) is 13.2 Å². The number of nitrogens with zero attached hydrogens (tertiary/aromatic N) is 1. The minimum Gasteiger partial charge on any atom is -0.383 e. The summed E-state index contributed by atoms with van der Waals surface area (Å²) in [5, 5.41) is 0. The zero-order valence-electron chi connectivity index (χ0n) is 7.60. The lowest BCUT2D eigenvalue weighted by Gasteiger charge is -2.25. The molecule has 0 saturated carbocycles. The third-order valence-corrected chi connectivity index (χ3v) is 2.32. The number of alkyl halides is 3. The molecule has 1 aliphatic heterocycles. The minimum absolute atomic E-state index is 0.229. The van der Waals surface area contributed by atoms with Crippen molar-refractivity contribution < 1.29 is 17.9 Å². The van der Waals surface area contributed by atoms with Gasteiger partial charge in [-0.05, 0) is 19.4 Å². The highest BCUT2D eigenvalue weighted by Gasteiger charge is 2.45. The van der Waals surface area contributed by atoms with E-state index in [9.17, 15) is 13.2 Å². The van der Waals surface area contributed by atoms with E-state index in [1.807, 2.05) is 0 Å². The van der Waals surface area contributed by atoms with Gasteiger partial charge in [0.1, 0.15) is 6.04 Å². The lowest BCUT2D eigenvalue weighted by atomic mass is 10.2. The molecule has 0 radical (unpaired) electrons. The first-order valence-corrected chi connectivity index (χ1v) is 4.35. The zero-order chi connectivity index (χ0) is 9.90. The lowest BCUT2D eigenvalue weighted by molar-refractivity contribution is -0.176. The summed E-state index contributed by atoms with van der Waals surface area (Å²) in [6.07, 6.45) is -3.22. The standard InChI is InChI=1S/C8H14F3NO/c1-13-6-5-12-4-2-3-7(12)8(9,10)11/h7H,2-6H2,1H3. The van der Waals surface area contributed by atoms with Crippen molar-refractivity contribution >= 4 is 0 Å². The molecular weight excluding hydrogens is 183 g/mol. The number of ether oxygens (including phenoxy) is 1. The summed E-state index contributed by atoms with van der Waals surface area (Å²) in [6, 6.07) is -1.25. The Morgan fingerprint density at radius 2 is 2.15 bits per heavy atom. The van der Waals surface area contributed by atoms with Crippen LogP contribution in [0.2, 0.25) is 0 Å². The number of halogens is 3. The van der Waals surface area contributed by atoms with Crippen LogP contribution >= 0.6 is 0 Å². The summed E-state index contributed by atoms with van der Waals surface area (Å²) in [5.41, 5.74) is 0. The second-order valence-electron chi connectivity index (χ2n) is 3.23. The number of methoxy groups -OCH3 is 1. The van der Waals surface area contributed by atoms with E-state index in [0.29, 0.717) is 26.1 Å². The Morgan fingerprint density at radius 1 is 1.46 bits per heavy atom. The van der Waals surface area contributed by atoms with Crippen LogP contribution in [0, 0.1) is 0 Å². The Bertz CT molecular complexity index is 160. The highest BCUT2D eigenvalue weighted by atomic mass is 19.4. The highest BCUT2D eigenvalue weighted by molar-refractivity contribution is 4.84. The summed E-state index contributed by atoms with van der Waals surface area (Å²) in [6.45, 7) is 1.28. The molecule has 0 amide bonds. The van der Waals surface area contributed by atoms with E-state index in [-0.39, 0.29) is 6.42 Å². The van der Waals surface area contributed by atoms with Crippen LogP contribution in [0.4, 0.5) is 13.2 Å². The van der Waals surface area contributed by atoms with Gasteiger partial charge in [-0.25, -0.2) is 0 Å². The maximum Gasteiger partial charge on any atom is 0.404 e. The molecule has 0 aromatic heterocycles. The van der Waals surface area contributed by atoms with Crippen molar-refractivity contribution in [3.8, 4) is 0 Å². The third kappa shape index (κ3) is 2.84. The normalized spacial score (nSPS) is 25.4. The molecule has 13 heavy (non-hydrogen) atoms. The van der Waals surface area contributed by atoms with Gasteiger partial charge in [0.15, 0.2) is 0 Å². The summed E-state index contributed by atoms with van der Waals surface area (Å²) < 4.78 is 41.8. The van der Waals surface area contributed by atoms with Gasteiger partial charge in [0, 0.05) is 13.7 Å². The second kappa shape index (κ2) is 4.28. The quantitative estimate of drug-likeness (QED) is 0.682. The van der Waals surface area contributed by atoms with Crippen LogP contribution in [0.3, 0.4) is 0 Å². The van der Waals surface area contributed by atoms with E-state index >= 15 is 0 Å². The summed E-state index contributed by atoms with van der Waals surface area (Å²) in [4.78, 5) is 1.45. The van der Waals surface area contributed by atoms with Crippen molar-refractivity contribution in [3.05, 3.63) is 0 Å². The average Bonchev–Trinajstić information content (AvgIpc) is 2.47. The predicted octanol–water partition coefficient (Wildman–Crippen LogP) is 1.66. The Morgan fingerprint density at radius 3 is 2.69 bits per heavy atom. The number of hydrogen-bond acceptors (Lipinski definition) is 2. The topological polar surface area (TPSA) is 12.5 Å². The molecule has 78 valence electrons. The molecule has 0 bridgehead atoms. The Labute approximate surface area is 75.7 Å². The van der Waals surface area contributed by atoms with Crippen molar-refractivity contribution in [1.29, 1.82) is 0 Å². The predicted molar refractivity (Wildman–Crippen MR) is 42.5 cm³/mol. The van der Waals surface area contributed by atoms with Crippen molar-refractivity contribution in [2.75, 3.05) is 26.8 Å². The maximum atomic E-state index is 12.4. The van der Waals surface area contributed by atoms with Crippen LogP contribution in [0.1, 0.15) is 12.8 Å². The van der Waals surface area contributed by atoms with Crippen molar-refractivity contribution in [1.82, 2.24) is 4.90 Å². The molecule has 1 aliphatic rings. The van der Waals surface area contributed by atoms with E-state index in [1.54, 1.807) is 0 Å². The van der Waals surface area contributed by atoms with Crippen LogP contribution in [0.15, 0.2) is 0 Å². The molecule has 2 nitrogen and oxygen atoms in total. The molecule has 0 aromatic rings. The Kier molecular flexibility index (Phi) is 3.55. The van der Waals surface area contributed by atoms with Crippen LogP contribution in [0.5, 0.6) is 0 Å². The SMILES string of the molecule is COCCN1CCCC1C(F)(F)F. The van der Waals surface area contributed by atoms with Gasteiger partial charge >= 0.3 is 6.18 Å². The number of rotatable bonds is 3. The fourth-order valence-corrected chi connectivity index (χ4v) is 1.67. The van der Waals surface area contributed by atoms with Gasteiger partial charge < -0.3 is 4.74 Å². The number of likely N-dealkylation sites (tertiary alicyclic amines) is 1. The van der Waals surface area contributed by atoms with Crippen molar-refractivity contribution in [2.24, 2.45) is 0 Å². The fourth-order valence-electron chi connectivity index (χ4n) is 1.67. The number of hydrogen-bond donors (Lipinski definition) is 0. The van der Waals surface area contributed by atoms with E-state index in [2.05, 4.69) is 0 Å². The van der Waals surface area contributed by atoms with Gasteiger partial charge in [0.05, 0.1) is 6.61 Å². The molecule has 1 heterocycles. The first kappa shape index (κ1) is 10.8. The van der Waals surface area contributed by atoms with Crippen LogP contribution in [-0.4, -0.2) is 43.9 Å². The van der Waals surface area contributed by atoms with Gasteiger partial charge in [-0.1, -0.05) is 0 Å². The largest absolute Gasteiger partial charge is 0.404 e. The van der Waals surface area contributed by atoms with Gasteiger partial charge in [0.2, 0.25) is 0 Å². The van der Waals surface area contributed by atoms with Crippen LogP contribution in [0.25, 0.3) is 0 Å². The molecule has 5 heteroatoms. The van der Waals surface area contributed by atoms with E-state index in [0.717, 1.165) is 0 Å². The van der Waals surface area contributed by atoms with Crippen LogP contribution in [-0.2, 0) is 4.74 Å². The summed E-state index contributed by atoms with van der Waals surface area (Å²) in [7, 11) is 1.50. The molecule has 0 N–H and O–H groups in total. The fraction of sp³-hybridized carbons (Fsp3) is 1.00. The van der Waals surface area contributed by atoms with Gasteiger partial charge in [-0.15, -0.1) is 0 Å². The van der Waals surface area contributed by atoms with Gasteiger partial charge in [0.25, 0.3) is 0 Å². The van der Waals surface area contributed by atoms with Gasteiger partial charge in [-0.3, -0.25) is 4.90 Å². The lowest BCUT2D eigenvalue weighted by Crippen LogP contribution is -2.42. The van der Waals surface area contributed by atoms with Crippen molar-refractivity contribution in [3.63, 3.8) is 0 Å². The molecule has 0 aromatic carbocycles. The molecule has 1 fully saturated rings. The molecule has 0 aliphatic carbocycles. The minimum atomic E-state index is -4.08. The van der Waals surface area contributed by atoms with E-state index in [4.69, 9.17) is 4.74 Å². The first-order valence-electron chi connectivity index (χ1n) is 4.35. The molecule has 1 saturated heterocycles. The molecular formula is C8H14F3NO. The van der Waals surface area contributed by atoms with E-state index in [1.165, 1.54) is 12.0 Å². The summed E-state index contributed by atoms with van der Waals surface area (Å²) >= 11 is 0. The third-order valence-electron chi connectivity index (χ3n) is 2.32. The molecule has 0 spiro atoms. The molecule has 1 atom stereocenters. The second-order valence-corrected chi connectivity index (χ2v) is 3.23. The average molecular weight is 197 g/mol. The van der Waals surface area contributed by atoms with Crippen molar-refractivity contribution in [2.45, 2.75) is 25.1 Å². The summed E-state index contributed by atoms with van der Waals surface area (Å²) in [5.74, 6) is 0. The smallest absolute Gasteiger partial charge is 0.383 e.